The lowest BCUT2D eigenvalue weighted by Crippen LogP contribution is -2.81. The highest BCUT2D eigenvalue weighted by Crippen LogP contribution is 2.36. The van der Waals surface area contributed by atoms with E-state index >= 15 is 0 Å². The summed E-state index contributed by atoms with van der Waals surface area (Å²) in [7, 11) is 0. The molecule has 4 rings (SSSR count). The number of rotatable bonds is 21. The summed E-state index contributed by atoms with van der Waals surface area (Å²) >= 11 is 12.6. The van der Waals surface area contributed by atoms with Crippen LogP contribution in [0.3, 0.4) is 0 Å². The number of fused-ring (bicyclic) bond motifs is 1. The standard InChI is InChI=1S/C33H51Cl2N6O2/c1-4-7-9-10-11-12-13-14-15-16-23-41(22-8-5-2)27(17-6-3)29(33(41)42)36-24-43-32-28(35)31-38-37-30(40(31)39-32)25-18-20-26(34)21-19-25/h18-21,27,29,36,39H,4-17,22-24H2,1-3H3/q+1. The van der Waals surface area contributed by atoms with Gasteiger partial charge in [-0.15, -0.1) is 10.2 Å². The summed E-state index contributed by atoms with van der Waals surface area (Å²) in [5.41, 5.74) is 1.34. The van der Waals surface area contributed by atoms with E-state index in [-0.39, 0.29) is 18.8 Å². The number of unbranched alkanes of at least 4 members (excludes halogenated alkanes) is 10. The molecule has 238 valence electrons. The summed E-state index contributed by atoms with van der Waals surface area (Å²) < 4.78 is 8.35. The number of likely N-dealkylation sites (tertiary alicyclic amines) is 1. The van der Waals surface area contributed by atoms with Gasteiger partial charge in [-0.2, -0.15) is 0 Å². The molecule has 1 aliphatic rings. The molecule has 10 heteroatoms. The highest BCUT2D eigenvalue weighted by Gasteiger charge is 2.61. The number of ether oxygens (including phenoxy) is 1. The number of hydrogen-bond acceptors (Lipinski definition) is 5. The number of hydrogen-bond donors (Lipinski definition) is 2. The Morgan fingerprint density at radius 1 is 0.860 bits per heavy atom. The third-order valence-electron chi connectivity index (χ3n) is 9.02. The number of aromatic amines is 1. The zero-order valence-corrected chi connectivity index (χ0v) is 27.9. The molecule has 0 spiro atoms. The number of carbonyl (C=O) groups excluding carboxylic acids is 1. The number of amides is 1. The normalized spacial score (nSPS) is 20.2. The molecule has 1 amide bonds. The Kier molecular flexibility index (Phi) is 13.2. The van der Waals surface area contributed by atoms with Crippen molar-refractivity contribution in [3.63, 3.8) is 0 Å². The van der Waals surface area contributed by atoms with E-state index in [0.29, 0.717) is 37.8 Å². The van der Waals surface area contributed by atoms with Crippen LogP contribution in [0.25, 0.3) is 17.0 Å². The quantitative estimate of drug-likeness (QED) is 0.0531. The molecule has 1 aliphatic heterocycles. The van der Waals surface area contributed by atoms with Gasteiger partial charge in [0.25, 0.3) is 0 Å². The van der Waals surface area contributed by atoms with E-state index in [4.69, 9.17) is 27.9 Å². The van der Waals surface area contributed by atoms with Gasteiger partial charge < -0.3 is 4.74 Å². The Morgan fingerprint density at radius 3 is 2.14 bits per heavy atom. The molecule has 3 heterocycles. The Balaban J connectivity index is 1.31. The molecule has 3 aromatic rings. The number of halogens is 2. The van der Waals surface area contributed by atoms with Crippen LogP contribution in [0.2, 0.25) is 10.0 Å². The predicted molar refractivity (Wildman–Crippen MR) is 176 cm³/mol. The molecule has 8 nitrogen and oxygen atoms in total. The van der Waals surface area contributed by atoms with Gasteiger partial charge in [-0.05, 0) is 43.5 Å². The monoisotopic (exact) mass is 633 g/mol. The molecule has 0 aliphatic carbocycles. The number of nitrogens with one attached hydrogen (secondary N) is 2. The zero-order chi connectivity index (χ0) is 30.7. The van der Waals surface area contributed by atoms with Crippen LogP contribution < -0.4 is 10.1 Å². The fourth-order valence-corrected chi connectivity index (χ4v) is 6.94. The number of carbonyl (C=O) groups is 1. The summed E-state index contributed by atoms with van der Waals surface area (Å²) in [4.78, 5) is 13.8. The molecule has 3 unspecified atom stereocenters. The minimum Gasteiger partial charge on any atom is -0.461 e. The van der Waals surface area contributed by atoms with Gasteiger partial charge in [-0.3, -0.25) is 14.9 Å². The van der Waals surface area contributed by atoms with Crippen molar-refractivity contribution < 1.29 is 14.0 Å². The molecule has 43 heavy (non-hydrogen) atoms. The van der Waals surface area contributed by atoms with Crippen LogP contribution in [0.1, 0.15) is 111 Å². The summed E-state index contributed by atoms with van der Waals surface area (Å²) in [5.74, 6) is 1.32. The lowest BCUT2D eigenvalue weighted by molar-refractivity contribution is -0.910. The minimum atomic E-state index is -0.205. The van der Waals surface area contributed by atoms with Gasteiger partial charge in [-0.1, -0.05) is 108 Å². The van der Waals surface area contributed by atoms with Crippen molar-refractivity contribution >= 4 is 34.8 Å². The molecular weight excluding hydrogens is 583 g/mol. The van der Waals surface area contributed by atoms with E-state index in [0.717, 1.165) is 50.8 Å². The van der Waals surface area contributed by atoms with Gasteiger partial charge in [0.1, 0.15) is 17.8 Å². The third-order valence-corrected chi connectivity index (χ3v) is 9.62. The highest BCUT2D eigenvalue weighted by molar-refractivity contribution is 6.34. The number of aromatic nitrogens is 4. The molecule has 0 saturated carbocycles. The first-order valence-corrected chi connectivity index (χ1v) is 17.4. The van der Waals surface area contributed by atoms with Crippen molar-refractivity contribution in [2.45, 2.75) is 123 Å². The molecule has 2 N–H and O–H groups in total. The number of nitrogens with zero attached hydrogens (tertiary/aromatic N) is 4. The van der Waals surface area contributed by atoms with Gasteiger partial charge >= 0.3 is 5.91 Å². The van der Waals surface area contributed by atoms with Crippen molar-refractivity contribution in [1.82, 2.24) is 25.1 Å². The van der Waals surface area contributed by atoms with Crippen molar-refractivity contribution in [1.29, 1.82) is 0 Å². The van der Waals surface area contributed by atoms with Crippen molar-refractivity contribution in [2.24, 2.45) is 0 Å². The van der Waals surface area contributed by atoms with Crippen molar-refractivity contribution in [2.75, 3.05) is 19.8 Å². The first-order chi connectivity index (χ1) is 21.0. The SMILES string of the molecule is CCCCCCCCCCCC[N+]1(CCCC)C(=O)C(NCOc2[nH]n3c(-c4ccc(Cl)cc4)nnc3c2Cl)C1CCC. The van der Waals surface area contributed by atoms with Crippen LogP contribution in [0, 0.1) is 0 Å². The predicted octanol–water partition coefficient (Wildman–Crippen LogP) is 8.57. The van der Waals surface area contributed by atoms with E-state index in [2.05, 4.69) is 41.4 Å². The third kappa shape index (κ3) is 8.13. The molecule has 2 aromatic heterocycles. The Hall–Kier alpha value is -2.13. The summed E-state index contributed by atoms with van der Waals surface area (Å²) in [6.07, 6.45) is 17.3. The molecule has 3 atom stereocenters. The smallest absolute Gasteiger partial charge is 0.337 e. The zero-order valence-electron chi connectivity index (χ0n) is 26.3. The average Bonchev–Trinajstić information content (AvgIpc) is 3.57. The second-order valence-corrected chi connectivity index (χ2v) is 12.9. The van der Waals surface area contributed by atoms with Crippen LogP contribution in [0.5, 0.6) is 5.88 Å². The van der Waals surface area contributed by atoms with Gasteiger partial charge in [-0.25, -0.2) is 9.31 Å². The van der Waals surface area contributed by atoms with Crippen LogP contribution in [0.15, 0.2) is 24.3 Å². The van der Waals surface area contributed by atoms with Crippen molar-refractivity contribution in [3.05, 3.63) is 34.3 Å². The first kappa shape index (κ1) is 33.8. The second-order valence-electron chi connectivity index (χ2n) is 12.1. The lowest BCUT2D eigenvalue weighted by Gasteiger charge is -2.54. The first-order valence-electron chi connectivity index (χ1n) is 16.6. The number of H-pyrrole nitrogens is 1. The summed E-state index contributed by atoms with van der Waals surface area (Å²) in [6, 6.07) is 7.45. The van der Waals surface area contributed by atoms with Crippen LogP contribution in [-0.2, 0) is 4.79 Å². The Labute approximate surface area is 267 Å². The number of β-lactam (4-membered cyclic amide) rings is 1. The Bertz CT molecular complexity index is 1280. The maximum atomic E-state index is 13.8. The maximum absolute atomic E-state index is 13.8. The van der Waals surface area contributed by atoms with E-state index in [1.54, 1.807) is 4.52 Å². The number of quaternary nitrogens is 1. The lowest BCUT2D eigenvalue weighted by atomic mass is 9.85. The van der Waals surface area contributed by atoms with E-state index < -0.39 is 0 Å². The molecule has 1 fully saturated rings. The van der Waals surface area contributed by atoms with E-state index in [1.807, 2.05) is 24.3 Å². The van der Waals surface area contributed by atoms with Crippen LogP contribution in [0.4, 0.5) is 0 Å². The second kappa shape index (κ2) is 16.8. The summed E-state index contributed by atoms with van der Waals surface area (Å²) in [6.45, 7) is 8.77. The fraction of sp³-hybridized carbons (Fsp3) is 0.667. The van der Waals surface area contributed by atoms with E-state index in [1.165, 1.54) is 57.8 Å². The number of benzene rings is 1. The van der Waals surface area contributed by atoms with Gasteiger partial charge in [0.05, 0.1) is 13.1 Å². The minimum absolute atomic E-state index is 0.176. The van der Waals surface area contributed by atoms with Crippen LogP contribution >= 0.6 is 23.2 Å². The van der Waals surface area contributed by atoms with Gasteiger partial charge in [0.15, 0.2) is 17.5 Å². The molecule has 0 radical (unpaired) electrons. The van der Waals surface area contributed by atoms with E-state index in [9.17, 15) is 4.79 Å². The van der Waals surface area contributed by atoms with Gasteiger partial charge in [0, 0.05) is 17.0 Å². The Morgan fingerprint density at radius 2 is 1.49 bits per heavy atom. The topological polar surface area (TPSA) is 84.3 Å². The molecule has 1 aromatic carbocycles. The largest absolute Gasteiger partial charge is 0.461 e. The fourth-order valence-electron chi connectivity index (χ4n) is 6.60. The van der Waals surface area contributed by atoms with Gasteiger partial charge in [0.2, 0.25) is 5.88 Å². The van der Waals surface area contributed by atoms with Crippen molar-refractivity contribution in [3.8, 4) is 17.3 Å². The highest BCUT2D eigenvalue weighted by atomic mass is 35.5. The van der Waals surface area contributed by atoms with Crippen LogP contribution in [-0.4, -0.2) is 62.1 Å². The maximum Gasteiger partial charge on any atom is 0.337 e. The molecule has 0 bridgehead atoms. The molecular formula is C33H51Cl2N6O2+. The molecule has 1 saturated heterocycles. The summed E-state index contributed by atoms with van der Waals surface area (Å²) in [5, 5.41) is 16.1. The average molecular weight is 635 g/mol.